The monoisotopic (exact) mass is 318 g/mol. The number of carbonyl (C=O) groups excluding carboxylic acids is 3. The van der Waals surface area contributed by atoms with Crippen LogP contribution in [0.15, 0.2) is 12.2 Å². The van der Waals surface area contributed by atoms with Crippen molar-refractivity contribution in [1.29, 1.82) is 0 Å². The van der Waals surface area contributed by atoms with E-state index in [9.17, 15) is 14.4 Å². The van der Waals surface area contributed by atoms with Crippen LogP contribution in [0, 0.1) is 0 Å². The fourth-order valence-corrected chi connectivity index (χ4v) is 2.40. The fraction of sp³-hybridized carbons (Fsp3) is 0.615. The summed E-state index contributed by atoms with van der Waals surface area (Å²) < 4.78 is 20.2. The average molecular weight is 318 g/mol. The Balaban J connectivity index is 2.61. The second-order valence-corrected chi connectivity index (χ2v) is 5.28. The average Bonchev–Trinajstić information content (AvgIpc) is 2.43. The summed E-state index contributed by atoms with van der Waals surface area (Å²) in [7, 11) is 1.31. The van der Waals surface area contributed by atoms with Crippen LogP contribution in [0.5, 0.6) is 0 Å². The van der Waals surface area contributed by atoms with E-state index >= 15 is 0 Å². The quantitative estimate of drug-likeness (QED) is 0.401. The lowest BCUT2D eigenvalue weighted by molar-refractivity contribution is -0.160. The van der Waals surface area contributed by atoms with E-state index in [1.165, 1.54) is 32.7 Å². The van der Waals surface area contributed by atoms with Crippen molar-refractivity contribution in [2.45, 2.75) is 31.5 Å². The second-order valence-electron chi connectivity index (χ2n) is 4.19. The molecule has 8 heteroatoms. The van der Waals surface area contributed by atoms with Crippen LogP contribution in [0.4, 0.5) is 0 Å². The van der Waals surface area contributed by atoms with Gasteiger partial charge >= 0.3 is 17.9 Å². The molecule has 1 aliphatic rings. The Hall–Kier alpha value is -1.54. The summed E-state index contributed by atoms with van der Waals surface area (Å²) in [4.78, 5) is 33.0. The maximum Gasteiger partial charge on any atom is 0.315 e. The second kappa shape index (κ2) is 8.68. The van der Waals surface area contributed by atoms with Crippen molar-refractivity contribution in [2.24, 2.45) is 0 Å². The maximum absolute atomic E-state index is 11.1. The number of ether oxygens (including phenoxy) is 4. The van der Waals surface area contributed by atoms with E-state index < -0.39 is 29.6 Å². The van der Waals surface area contributed by atoms with E-state index in [0.29, 0.717) is 0 Å². The Morgan fingerprint density at radius 2 is 1.90 bits per heavy atom. The predicted molar refractivity (Wildman–Crippen MR) is 74.5 cm³/mol. The molecule has 7 nitrogen and oxygen atoms in total. The highest BCUT2D eigenvalue weighted by molar-refractivity contribution is 8.00. The molecule has 0 aliphatic carbocycles. The molecule has 0 bridgehead atoms. The van der Waals surface area contributed by atoms with Crippen molar-refractivity contribution in [3.05, 3.63) is 12.2 Å². The van der Waals surface area contributed by atoms with Crippen molar-refractivity contribution in [1.82, 2.24) is 0 Å². The van der Waals surface area contributed by atoms with Crippen LogP contribution in [-0.4, -0.2) is 55.0 Å². The van der Waals surface area contributed by atoms with Crippen molar-refractivity contribution >= 4 is 29.7 Å². The molecule has 0 saturated heterocycles. The van der Waals surface area contributed by atoms with Crippen LogP contribution in [0.25, 0.3) is 0 Å². The van der Waals surface area contributed by atoms with Gasteiger partial charge in [-0.2, -0.15) is 0 Å². The number of carbonyl (C=O) groups is 3. The van der Waals surface area contributed by atoms with E-state index in [-0.39, 0.29) is 18.3 Å². The predicted octanol–water partition coefficient (Wildman–Crippen LogP) is 0.668. The molecule has 0 spiro atoms. The normalized spacial score (nSPS) is 24.2. The van der Waals surface area contributed by atoms with Crippen LogP contribution in [-0.2, 0) is 33.3 Å². The molecule has 0 aromatic rings. The molecule has 1 unspecified atom stereocenters. The smallest absolute Gasteiger partial charge is 0.315 e. The molecule has 0 amide bonds. The largest absolute Gasteiger partial charge is 0.468 e. The summed E-state index contributed by atoms with van der Waals surface area (Å²) in [6.07, 6.45) is 2.11. The number of rotatable bonds is 6. The third-order valence-electron chi connectivity index (χ3n) is 2.48. The Morgan fingerprint density at radius 1 is 1.19 bits per heavy atom. The van der Waals surface area contributed by atoms with E-state index in [4.69, 9.17) is 14.2 Å². The molecule has 0 N–H and O–H groups in total. The lowest BCUT2D eigenvalue weighted by Crippen LogP contribution is -2.40. The molecule has 118 valence electrons. The first-order valence-corrected chi connectivity index (χ1v) is 7.30. The van der Waals surface area contributed by atoms with Crippen LogP contribution in [0.3, 0.4) is 0 Å². The first-order chi connectivity index (χ1) is 9.92. The first kappa shape index (κ1) is 17.5. The van der Waals surface area contributed by atoms with Gasteiger partial charge in [-0.05, 0) is 12.2 Å². The third-order valence-corrected chi connectivity index (χ3v) is 3.48. The summed E-state index contributed by atoms with van der Waals surface area (Å²) in [5, 5.41) is 0. The van der Waals surface area contributed by atoms with E-state index in [2.05, 4.69) is 4.74 Å². The Labute approximate surface area is 126 Å². The van der Waals surface area contributed by atoms with Gasteiger partial charge in [0.2, 0.25) is 0 Å². The Morgan fingerprint density at radius 3 is 2.48 bits per heavy atom. The molecule has 0 aromatic heterocycles. The zero-order valence-corrected chi connectivity index (χ0v) is 12.9. The molecule has 0 aromatic carbocycles. The number of esters is 3. The molecule has 21 heavy (non-hydrogen) atoms. The molecular formula is C13H18O7S. The van der Waals surface area contributed by atoms with Gasteiger partial charge in [-0.15, -0.1) is 11.8 Å². The minimum Gasteiger partial charge on any atom is -0.468 e. The van der Waals surface area contributed by atoms with Crippen molar-refractivity contribution in [2.75, 3.05) is 19.5 Å². The van der Waals surface area contributed by atoms with Crippen LogP contribution < -0.4 is 0 Å². The zero-order valence-electron chi connectivity index (χ0n) is 12.1. The van der Waals surface area contributed by atoms with E-state index in [1.807, 2.05) is 0 Å². The van der Waals surface area contributed by atoms with Gasteiger partial charge in [0.25, 0.3) is 0 Å². The van der Waals surface area contributed by atoms with Gasteiger partial charge in [0, 0.05) is 13.8 Å². The molecule has 0 radical (unpaired) electrons. The summed E-state index contributed by atoms with van der Waals surface area (Å²) in [6.45, 7) is 2.53. The molecular weight excluding hydrogens is 300 g/mol. The van der Waals surface area contributed by atoms with Gasteiger partial charge < -0.3 is 18.9 Å². The summed E-state index contributed by atoms with van der Waals surface area (Å²) >= 11 is 1.22. The number of hydrogen-bond donors (Lipinski definition) is 0. The summed E-state index contributed by atoms with van der Waals surface area (Å²) in [5.41, 5.74) is -0.406. The Kier molecular flexibility index (Phi) is 7.24. The third kappa shape index (κ3) is 6.63. The molecule has 1 heterocycles. The van der Waals surface area contributed by atoms with Crippen molar-refractivity contribution in [3.63, 3.8) is 0 Å². The number of methoxy groups -OCH3 is 1. The van der Waals surface area contributed by atoms with Crippen molar-refractivity contribution in [3.8, 4) is 0 Å². The number of hydrogen-bond acceptors (Lipinski definition) is 8. The van der Waals surface area contributed by atoms with Gasteiger partial charge in [0.15, 0.2) is 0 Å². The summed E-state index contributed by atoms with van der Waals surface area (Å²) in [5.74, 6) is -1.14. The van der Waals surface area contributed by atoms with Crippen LogP contribution in [0.2, 0.25) is 0 Å². The van der Waals surface area contributed by atoms with Gasteiger partial charge in [-0.25, -0.2) is 0 Å². The zero-order chi connectivity index (χ0) is 15.8. The molecule has 0 saturated carbocycles. The lowest BCUT2D eigenvalue weighted by atomic mass is 10.1. The highest BCUT2D eigenvalue weighted by Gasteiger charge is 2.31. The van der Waals surface area contributed by atoms with Gasteiger partial charge in [0.05, 0.1) is 12.9 Å². The van der Waals surface area contributed by atoms with E-state index in [1.54, 1.807) is 12.2 Å². The van der Waals surface area contributed by atoms with Crippen LogP contribution in [0.1, 0.15) is 13.8 Å². The fourth-order valence-electron chi connectivity index (χ4n) is 1.56. The first-order valence-electron chi connectivity index (χ1n) is 6.25. The minimum absolute atomic E-state index is 0.0348. The maximum atomic E-state index is 11.1. The van der Waals surface area contributed by atoms with Crippen LogP contribution >= 0.6 is 11.8 Å². The van der Waals surface area contributed by atoms with Gasteiger partial charge in [-0.1, -0.05) is 0 Å². The molecule has 1 aliphatic heterocycles. The van der Waals surface area contributed by atoms with Gasteiger partial charge in [0.1, 0.15) is 24.3 Å². The number of thioether (sulfide) groups is 1. The SMILES string of the molecule is COC(=O)CSC1C=C[C@H](OC(C)=O)[C@@H](COC(C)=O)O1. The lowest BCUT2D eigenvalue weighted by Gasteiger charge is -2.31. The molecule has 0 fully saturated rings. The van der Waals surface area contributed by atoms with Crippen molar-refractivity contribution < 1.29 is 33.3 Å². The summed E-state index contributed by atoms with van der Waals surface area (Å²) in [6, 6.07) is 0. The molecule has 3 atom stereocenters. The topological polar surface area (TPSA) is 88.1 Å². The minimum atomic E-state index is -0.628. The molecule has 1 rings (SSSR count). The highest BCUT2D eigenvalue weighted by atomic mass is 32.2. The standard InChI is InChI=1S/C13H18O7S/c1-8(14)18-6-11-10(19-9(2)15)4-5-13(20-11)21-7-12(16)17-3/h4-5,10-11,13H,6-7H2,1-3H3/t10-,11+,13?/m0/s1. The highest BCUT2D eigenvalue weighted by Crippen LogP contribution is 2.24. The Bertz CT molecular complexity index is 421. The van der Waals surface area contributed by atoms with E-state index in [0.717, 1.165) is 0 Å². The van der Waals surface area contributed by atoms with Gasteiger partial charge in [-0.3, -0.25) is 14.4 Å².